The fraction of sp³-hybridized carbons (Fsp3) is 0.136. The number of hydrogen-bond donors (Lipinski definition) is 2. The number of methoxy groups -OCH3 is 1. The van der Waals surface area contributed by atoms with Crippen molar-refractivity contribution in [2.24, 2.45) is 0 Å². The van der Waals surface area contributed by atoms with Gasteiger partial charge in [0, 0.05) is 11.8 Å². The van der Waals surface area contributed by atoms with Gasteiger partial charge in [-0.25, -0.2) is 0 Å². The van der Waals surface area contributed by atoms with Crippen molar-refractivity contribution in [3.05, 3.63) is 82.9 Å². The summed E-state index contributed by atoms with van der Waals surface area (Å²) in [5, 5.41) is 16.7. The van der Waals surface area contributed by atoms with Crippen LogP contribution in [0.1, 0.15) is 6.92 Å². The molecule has 3 aromatic carbocycles. The number of amides is 1. The Bertz CT molecular complexity index is 1020. The Balaban J connectivity index is 1.61. The number of rotatable bonds is 8. The van der Waals surface area contributed by atoms with E-state index in [1.807, 2.05) is 42.5 Å². The van der Waals surface area contributed by atoms with Crippen molar-refractivity contribution in [3.63, 3.8) is 0 Å². The lowest BCUT2D eigenvalue weighted by Gasteiger charge is -2.17. The number of anilines is 2. The van der Waals surface area contributed by atoms with Crippen LogP contribution in [0.3, 0.4) is 0 Å². The quantitative estimate of drug-likeness (QED) is 0.409. The molecule has 1 amide bonds. The number of nitro benzene ring substituents is 1. The van der Waals surface area contributed by atoms with Crippen LogP contribution >= 0.6 is 0 Å². The van der Waals surface area contributed by atoms with Crippen LogP contribution in [0.5, 0.6) is 17.2 Å². The zero-order valence-electron chi connectivity index (χ0n) is 16.5. The first-order chi connectivity index (χ1) is 14.5. The lowest BCUT2D eigenvalue weighted by Crippen LogP contribution is -2.32. The van der Waals surface area contributed by atoms with Crippen LogP contribution in [0.25, 0.3) is 0 Å². The zero-order chi connectivity index (χ0) is 21.5. The van der Waals surface area contributed by atoms with Gasteiger partial charge >= 0.3 is 0 Å². The van der Waals surface area contributed by atoms with Crippen molar-refractivity contribution < 1.29 is 19.2 Å². The van der Waals surface area contributed by atoms with Gasteiger partial charge in [0.1, 0.15) is 23.3 Å². The molecule has 0 spiro atoms. The summed E-state index contributed by atoms with van der Waals surface area (Å²) in [4.78, 5) is 22.9. The molecule has 8 nitrogen and oxygen atoms in total. The molecular formula is C22H21N3O5. The predicted octanol–water partition coefficient (Wildman–Crippen LogP) is 4.83. The number of nitrogens with zero attached hydrogens (tertiary/aromatic N) is 1. The third-order valence-corrected chi connectivity index (χ3v) is 4.26. The Morgan fingerprint density at radius 3 is 2.30 bits per heavy atom. The first-order valence-electron chi connectivity index (χ1n) is 9.19. The van der Waals surface area contributed by atoms with Crippen LogP contribution in [0, 0.1) is 10.1 Å². The molecule has 0 saturated carbocycles. The van der Waals surface area contributed by atoms with Crippen LogP contribution in [-0.2, 0) is 4.79 Å². The van der Waals surface area contributed by atoms with Crippen molar-refractivity contribution >= 4 is 23.0 Å². The molecule has 2 N–H and O–H groups in total. The van der Waals surface area contributed by atoms with Gasteiger partial charge in [0.25, 0.3) is 5.69 Å². The molecule has 0 bridgehead atoms. The fourth-order valence-electron chi connectivity index (χ4n) is 2.70. The molecule has 3 rings (SSSR count). The second-order valence-electron chi connectivity index (χ2n) is 6.44. The second kappa shape index (κ2) is 9.42. The summed E-state index contributed by atoms with van der Waals surface area (Å²) < 4.78 is 10.9. The molecule has 0 saturated heterocycles. The summed E-state index contributed by atoms with van der Waals surface area (Å²) in [5.74, 6) is 1.32. The Morgan fingerprint density at radius 2 is 1.67 bits per heavy atom. The van der Waals surface area contributed by atoms with Gasteiger partial charge in [0.05, 0.1) is 23.8 Å². The number of carbonyl (C=O) groups is 1. The van der Waals surface area contributed by atoms with Crippen molar-refractivity contribution in [1.82, 2.24) is 0 Å². The molecule has 8 heteroatoms. The van der Waals surface area contributed by atoms with E-state index in [0.29, 0.717) is 11.4 Å². The molecule has 0 heterocycles. The Morgan fingerprint density at radius 1 is 1.00 bits per heavy atom. The number of carbonyl (C=O) groups excluding carboxylic acids is 1. The van der Waals surface area contributed by atoms with Crippen LogP contribution in [0.2, 0.25) is 0 Å². The van der Waals surface area contributed by atoms with E-state index in [1.165, 1.54) is 25.3 Å². The van der Waals surface area contributed by atoms with Gasteiger partial charge < -0.3 is 20.1 Å². The van der Waals surface area contributed by atoms with E-state index in [9.17, 15) is 14.9 Å². The van der Waals surface area contributed by atoms with Gasteiger partial charge in [0.2, 0.25) is 5.91 Å². The molecule has 0 aliphatic heterocycles. The average molecular weight is 407 g/mol. The predicted molar refractivity (Wildman–Crippen MR) is 114 cm³/mol. The van der Waals surface area contributed by atoms with Gasteiger partial charge in [-0.15, -0.1) is 0 Å². The van der Waals surface area contributed by atoms with Crippen molar-refractivity contribution in [2.45, 2.75) is 13.0 Å². The van der Waals surface area contributed by atoms with Crippen LogP contribution in [-0.4, -0.2) is 24.0 Å². The van der Waals surface area contributed by atoms with E-state index in [2.05, 4.69) is 10.6 Å². The average Bonchev–Trinajstić information content (AvgIpc) is 2.76. The highest BCUT2D eigenvalue weighted by Gasteiger charge is 2.17. The van der Waals surface area contributed by atoms with E-state index in [0.717, 1.165) is 11.4 Å². The summed E-state index contributed by atoms with van der Waals surface area (Å²) in [7, 11) is 1.38. The summed E-state index contributed by atoms with van der Waals surface area (Å²) in [6.07, 6.45) is 0. The highest BCUT2D eigenvalue weighted by atomic mass is 16.6. The lowest BCUT2D eigenvalue weighted by molar-refractivity contribution is -0.384. The maximum Gasteiger partial charge on any atom is 0.273 e. The number of non-ortho nitro benzene ring substituents is 1. The molecule has 0 fully saturated rings. The monoisotopic (exact) mass is 407 g/mol. The zero-order valence-corrected chi connectivity index (χ0v) is 16.5. The topological polar surface area (TPSA) is 103 Å². The van der Waals surface area contributed by atoms with Crippen molar-refractivity contribution in [2.75, 3.05) is 17.7 Å². The summed E-state index contributed by atoms with van der Waals surface area (Å²) in [5.41, 5.74) is 0.982. The molecule has 0 aliphatic rings. The van der Waals surface area contributed by atoms with E-state index >= 15 is 0 Å². The van der Waals surface area contributed by atoms with E-state index in [1.54, 1.807) is 19.1 Å². The number of benzene rings is 3. The third-order valence-electron chi connectivity index (χ3n) is 4.26. The largest absolute Gasteiger partial charge is 0.494 e. The number of nitrogens with one attached hydrogen (secondary N) is 2. The van der Waals surface area contributed by atoms with Crippen LogP contribution in [0.4, 0.5) is 17.1 Å². The minimum absolute atomic E-state index is 0.117. The molecule has 0 unspecified atom stereocenters. The highest BCUT2D eigenvalue weighted by Crippen LogP contribution is 2.29. The summed E-state index contributed by atoms with van der Waals surface area (Å²) in [6, 6.07) is 20.1. The number of nitro groups is 1. The summed E-state index contributed by atoms with van der Waals surface area (Å²) in [6.45, 7) is 1.71. The Hall–Kier alpha value is -4.07. The maximum atomic E-state index is 12.5. The van der Waals surface area contributed by atoms with Gasteiger partial charge in [-0.3, -0.25) is 14.9 Å². The maximum absolute atomic E-state index is 12.5. The Kier molecular flexibility index (Phi) is 6.49. The lowest BCUT2D eigenvalue weighted by atomic mass is 10.2. The van der Waals surface area contributed by atoms with Crippen molar-refractivity contribution in [1.29, 1.82) is 0 Å². The van der Waals surface area contributed by atoms with E-state index in [4.69, 9.17) is 9.47 Å². The smallest absolute Gasteiger partial charge is 0.273 e. The highest BCUT2D eigenvalue weighted by molar-refractivity contribution is 5.97. The molecule has 3 aromatic rings. The van der Waals surface area contributed by atoms with Crippen LogP contribution in [0.15, 0.2) is 72.8 Å². The number of ether oxygens (including phenoxy) is 2. The molecular weight excluding hydrogens is 386 g/mol. The SMILES string of the molecule is COc1cc([N+](=O)[O-])ccc1NC(=O)[C@@H](C)Nc1ccc(Oc2ccccc2)cc1. The van der Waals surface area contributed by atoms with Gasteiger partial charge in [0.15, 0.2) is 0 Å². The van der Waals surface area contributed by atoms with E-state index in [-0.39, 0.29) is 17.3 Å². The third kappa shape index (κ3) is 5.26. The molecule has 0 aliphatic carbocycles. The molecule has 1 atom stereocenters. The first kappa shape index (κ1) is 20.7. The van der Waals surface area contributed by atoms with Gasteiger partial charge in [-0.1, -0.05) is 18.2 Å². The standard InChI is InChI=1S/C22H21N3O5/c1-15(22(26)24-20-13-10-17(25(27)28)14-21(20)29-2)23-16-8-11-19(12-9-16)30-18-6-4-3-5-7-18/h3-15,23H,1-2H3,(H,24,26)/t15-/m1/s1. The second-order valence-corrected chi connectivity index (χ2v) is 6.44. The molecule has 154 valence electrons. The van der Waals surface area contributed by atoms with Crippen LogP contribution < -0.4 is 20.1 Å². The normalized spacial score (nSPS) is 11.3. The molecule has 0 aromatic heterocycles. The summed E-state index contributed by atoms with van der Waals surface area (Å²) >= 11 is 0. The van der Waals surface area contributed by atoms with Gasteiger partial charge in [-0.05, 0) is 49.4 Å². The van der Waals surface area contributed by atoms with Crippen molar-refractivity contribution in [3.8, 4) is 17.2 Å². The van der Waals surface area contributed by atoms with Gasteiger partial charge in [-0.2, -0.15) is 0 Å². The minimum atomic E-state index is -0.564. The first-order valence-corrected chi connectivity index (χ1v) is 9.19. The number of hydrogen-bond acceptors (Lipinski definition) is 6. The molecule has 0 radical (unpaired) electrons. The Labute approximate surface area is 173 Å². The minimum Gasteiger partial charge on any atom is -0.494 e. The number of para-hydroxylation sites is 1. The van der Waals surface area contributed by atoms with E-state index < -0.39 is 11.0 Å². The fourth-order valence-corrected chi connectivity index (χ4v) is 2.70. The molecule has 30 heavy (non-hydrogen) atoms.